The molecule has 0 spiro atoms. The van der Waals surface area contributed by atoms with E-state index in [1.165, 1.54) is 0 Å². The third-order valence-electron chi connectivity index (χ3n) is 4.29. The Labute approximate surface area is 141 Å². The van der Waals surface area contributed by atoms with Crippen molar-refractivity contribution in [3.63, 3.8) is 0 Å². The van der Waals surface area contributed by atoms with Gasteiger partial charge in [-0.3, -0.25) is 4.79 Å². The zero-order valence-electron chi connectivity index (χ0n) is 13.3. The number of nitrogens with zero attached hydrogens (tertiary/aromatic N) is 2. The van der Waals surface area contributed by atoms with Crippen LogP contribution in [0.1, 0.15) is 49.2 Å². The number of halogens is 1. The van der Waals surface area contributed by atoms with Gasteiger partial charge in [0, 0.05) is 24.1 Å². The number of carbonyl (C=O) groups is 1. The maximum atomic E-state index is 12.7. The van der Waals surface area contributed by atoms with Gasteiger partial charge in [-0.25, -0.2) is 0 Å². The third-order valence-corrected chi connectivity index (χ3v) is 4.66. The smallest absolute Gasteiger partial charge is 0.227 e. The van der Waals surface area contributed by atoms with Gasteiger partial charge in [0.2, 0.25) is 5.91 Å². The lowest BCUT2D eigenvalue weighted by atomic mass is 10.1. The summed E-state index contributed by atoms with van der Waals surface area (Å²) >= 11 is 6.17. The highest BCUT2D eigenvalue weighted by Crippen LogP contribution is 2.32. The van der Waals surface area contributed by atoms with Crippen LogP contribution < -0.4 is 0 Å². The summed E-state index contributed by atoms with van der Waals surface area (Å²) in [4.78, 5) is 14.6. The lowest BCUT2D eigenvalue weighted by Crippen LogP contribution is -2.32. The molecule has 0 bridgehead atoms. The first-order valence-electron chi connectivity index (χ1n) is 8.17. The molecule has 1 fully saturated rings. The molecule has 1 aromatic carbocycles. The highest BCUT2D eigenvalue weighted by atomic mass is 35.5. The number of rotatable bonds is 5. The maximum absolute atomic E-state index is 12.7. The zero-order valence-corrected chi connectivity index (χ0v) is 14.1. The van der Waals surface area contributed by atoms with Crippen LogP contribution in [0.5, 0.6) is 0 Å². The molecule has 1 aliphatic heterocycles. The molecule has 2 heterocycles. The lowest BCUT2D eigenvalue weighted by Gasteiger charge is -2.23. The van der Waals surface area contributed by atoms with Crippen LogP contribution in [0.4, 0.5) is 0 Å². The van der Waals surface area contributed by atoms with Crippen molar-refractivity contribution in [3.05, 3.63) is 52.4 Å². The molecule has 1 saturated heterocycles. The normalized spacial score (nSPS) is 17.7. The number of hydrogen-bond donors (Lipinski definition) is 0. The number of benzene rings is 1. The quantitative estimate of drug-likeness (QED) is 0.824. The van der Waals surface area contributed by atoms with E-state index in [2.05, 4.69) is 12.1 Å². The molecule has 1 amide bonds. The monoisotopic (exact) mass is 332 g/mol. The van der Waals surface area contributed by atoms with Gasteiger partial charge >= 0.3 is 0 Å². The fraction of sp³-hybridized carbons (Fsp3) is 0.444. The van der Waals surface area contributed by atoms with Gasteiger partial charge in [-0.2, -0.15) is 0 Å². The SMILES string of the molecule is CCCc1cc([C@H]2CCCN2C(=O)Cc2ccccc2Cl)no1. The summed E-state index contributed by atoms with van der Waals surface area (Å²) in [7, 11) is 0. The van der Waals surface area contributed by atoms with Crippen LogP contribution >= 0.6 is 11.6 Å². The lowest BCUT2D eigenvalue weighted by molar-refractivity contribution is -0.131. The summed E-state index contributed by atoms with van der Waals surface area (Å²) in [6, 6.07) is 9.53. The van der Waals surface area contributed by atoms with Crippen molar-refractivity contribution < 1.29 is 9.32 Å². The minimum absolute atomic E-state index is 0.0272. The molecule has 3 rings (SSSR count). The molecular formula is C18H21ClN2O2. The van der Waals surface area contributed by atoms with E-state index in [1.807, 2.05) is 35.2 Å². The zero-order chi connectivity index (χ0) is 16.2. The predicted molar refractivity (Wildman–Crippen MR) is 89.3 cm³/mol. The van der Waals surface area contributed by atoms with E-state index in [1.54, 1.807) is 0 Å². The number of hydrogen-bond acceptors (Lipinski definition) is 3. The summed E-state index contributed by atoms with van der Waals surface area (Å²) in [5.41, 5.74) is 1.75. The minimum atomic E-state index is 0.0272. The highest BCUT2D eigenvalue weighted by Gasteiger charge is 2.32. The van der Waals surface area contributed by atoms with Crippen LogP contribution in [-0.2, 0) is 17.6 Å². The van der Waals surface area contributed by atoms with Crippen molar-refractivity contribution in [2.45, 2.75) is 45.1 Å². The molecule has 1 aliphatic rings. The van der Waals surface area contributed by atoms with Crippen LogP contribution in [0.3, 0.4) is 0 Å². The second-order valence-electron chi connectivity index (χ2n) is 5.98. The Kier molecular flexibility index (Phi) is 5.01. The van der Waals surface area contributed by atoms with E-state index in [-0.39, 0.29) is 11.9 Å². The highest BCUT2D eigenvalue weighted by molar-refractivity contribution is 6.31. The third kappa shape index (κ3) is 3.58. The standard InChI is InChI=1S/C18H21ClN2O2/c1-2-6-14-12-16(20-23-14)17-9-5-10-21(17)18(22)11-13-7-3-4-8-15(13)19/h3-4,7-8,12,17H,2,5-6,9-11H2,1H3/t17-/m1/s1. The van der Waals surface area contributed by atoms with E-state index < -0.39 is 0 Å². The Morgan fingerprint density at radius 2 is 2.26 bits per heavy atom. The van der Waals surface area contributed by atoms with Crippen LogP contribution in [0, 0.1) is 0 Å². The molecule has 5 heteroatoms. The molecule has 0 radical (unpaired) electrons. The van der Waals surface area contributed by atoms with Gasteiger partial charge < -0.3 is 9.42 Å². The molecule has 1 atom stereocenters. The number of aryl methyl sites for hydroxylation is 1. The van der Waals surface area contributed by atoms with Gasteiger partial charge in [0.05, 0.1) is 12.5 Å². The molecule has 0 N–H and O–H groups in total. The van der Waals surface area contributed by atoms with Gasteiger partial charge in [-0.05, 0) is 30.9 Å². The van der Waals surface area contributed by atoms with Crippen LogP contribution in [-0.4, -0.2) is 22.5 Å². The number of likely N-dealkylation sites (tertiary alicyclic amines) is 1. The van der Waals surface area contributed by atoms with Crippen molar-refractivity contribution in [2.75, 3.05) is 6.54 Å². The molecule has 122 valence electrons. The number of carbonyl (C=O) groups excluding carboxylic acids is 1. The van der Waals surface area contributed by atoms with E-state index in [0.717, 1.165) is 49.2 Å². The van der Waals surface area contributed by atoms with Crippen molar-refractivity contribution >= 4 is 17.5 Å². The first kappa shape index (κ1) is 16.1. The topological polar surface area (TPSA) is 46.3 Å². The summed E-state index contributed by atoms with van der Waals surface area (Å²) in [6.07, 6.45) is 4.17. The fourth-order valence-corrected chi connectivity index (χ4v) is 3.33. The van der Waals surface area contributed by atoms with Crippen molar-refractivity contribution in [2.24, 2.45) is 0 Å². The summed E-state index contributed by atoms with van der Waals surface area (Å²) in [5, 5.41) is 4.82. The second kappa shape index (κ2) is 7.18. The van der Waals surface area contributed by atoms with E-state index in [4.69, 9.17) is 16.1 Å². The van der Waals surface area contributed by atoms with Gasteiger partial charge in [0.25, 0.3) is 0 Å². The Hall–Kier alpha value is -1.81. The summed E-state index contributed by atoms with van der Waals surface area (Å²) < 4.78 is 5.37. The Morgan fingerprint density at radius 3 is 3.04 bits per heavy atom. The Bertz CT molecular complexity index is 683. The van der Waals surface area contributed by atoms with E-state index in [9.17, 15) is 4.79 Å². The second-order valence-corrected chi connectivity index (χ2v) is 6.39. The number of aromatic nitrogens is 1. The predicted octanol–water partition coefficient (Wildman–Crippen LogP) is 4.19. The molecule has 0 unspecified atom stereocenters. The van der Waals surface area contributed by atoms with Crippen molar-refractivity contribution in [1.29, 1.82) is 0 Å². The molecule has 4 nitrogen and oxygen atoms in total. The molecular weight excluding hydrogens is 312 g/mol. The van der Waals surface area contributed by atoms with Gasteiger partial charge in [-0.1, -0.05) is 41.9 Å². The molecule has 1 aromatic heterocycles. The Balaban J connectivity index is 1.73. The molecule has 0 aliphatic carbocycles. The van der Waals surface area contributed by atoms with Crippen molar-refractivity contribution in [1.82, 2.24) is 10.1 Å². The summed E-state index contributed by atoms with van der Waals surface area (Å²) in [6.45, 7) is 2.88. The largest absolute Gasteiger partial charge is 0.361 e. The average molecular weight is 333 g/mol. The van der Waals surface area contributed by atoms with Crippen LogP contribution in [0.2, 0.25) is 5.02 Å². The van der Waals surface area contributed by atoms with Crippen LogP contribution in [0.15, 0.2) is 34.9 Å². The molecule has 23 heavy (non-hydrogen) atoms. The Morgan fingerprint density at radius 1 is 1.43 bits per heavy atom. The summed E-state index contributed by atoms with van der Waals surface area (Å²) in [5.74, 6) is 0.994. The van der Waals surface area contributed by atoms with E-state index >= 15 is 0 Å². The van der Waals surface area contributed by atoms with Crippen molar-refractivity contribution in [3.8, 4) is 0 Å². The molecule has 2 aromatic rings. The van der Waals surface area contributed by atoms with E-state index in [0.29, 0.717) is 11.4 Å². The van der Waals surface area contributed by atoms with Crippen LogP contribution in [0.25, 0.3) is 0 Å². The first-order valence-corrected chi connectivity index (χ1v) is 8.55. The average Bonchev–Trinajstić information content (AvgIpc) is 3.18. The first-order chi connectivity index (χ1) is 11.2. The van der Waals surface area contributed by atoms with Gasteiger partial charge in [-0.15, -0.1) is 0 Å². The minimum Gasteiger partial charge on any atom is -0.361 e. The maximum Gasteiger partial charge on any atom is 0.227 e. The number of amides is 1. The van der Waals surface area contributed by atoms with Gasteiger partial charge in [0.1, 0.15) is 11.5 Å². The van der Waals surface area contributed by atoms with Gasteiger partial charge in [0.15, 0.2) is 0 Å². The fourth-order valence-electron chi connectivity index (χ4n) is 3.13. The molecule has 0 saturated carbocycles.